The summed E-state index contributed by atoms with van der Waals surface area (Å²) in [5.74, 6) is -0.0319. The van der Waals surface area contributed by atoms with Gasteiger partial charge in [-0.1, -0.05) is 6.07 Å². The minimum atomic E-state index is -0.0319. The zero-order valence-corrected chi connectivity index (χ0v) is 12.4. The summed E-state index contributed by atoms with van der Waals surface area (Å²) in [6.07, 6.45) is 3.09. The van der Waals surface area contributed by atoms with E-state index in [0.29, 0.717) is 24.2 Å². The molecule has 1 aliphatic rings. The highest BCUT2D eigenvalue weighted by Crippen LogP contribution is 2.17. The Bertz CT molecular complexity index is 763. The molecular weight excluding hydrogens is 276 g/mol. The molecule has 2 heterocycles. The molecule has 2 aromatic rings. The van der Waals surface area contributed by atoms with Gasteiger partial charge in [0.2, 0.25) is 0 Å². The molecule has 0 radical (unpaired) electrons. The largest absolute Gasteiger partial charge is 0.338 e. The maximum Gasteiger partial charge on any atom is 0.253 e. The van der Waals surface area contributed by atoms with Gasteiger partial charge in [0.1, 0.15) is 6.33 Å². The lowest BCUT2D eigenvalue weighted by molar-refractivity contribution is 0.0763. The number of rotatable bonds is 1. The molecule has 0 atom stereocenters. The molecule has 1 aliphatic heterocycles. The molecule has 0 aliphatic carbocycles. The van der Waals surface area contributed by atoms with Crippen molar-refractivity contribution in [2.75, 3.05) is 13.1 Å². The second kappa shape index (κ2) is 5.94. The smallest absolute Gasteiger partial charge is 0.253 e. The fraction of sp³-hybridized carbons (Fsp3) is 0.294. The van der Waals surface area contributed by atoms with Gasteiger partial charge in [-0.05, 0) is 37.1 Å². The summed E-state index contributed by atoms with van der Waals surface area (Å²) >= 11 is 0. The third kappa shape index (κ3) is 2.68. The van der Waals surface area contributed by atoms with Crippen molar-refractivity contribution in [3.63, 3.8) is 0 Å². The van der Waals surface area contributed by atoms with Crippen molar-refractivity contribution in [3.8, 4) is 6.07 Å². The van der Waals surface area contributed by atoms with Gasteiger partial charge in [0.05, 0.1) is 11.6 Å². The molecule has 0 spiro atoms. The Balaban J connectivity index is 1.81. The lowest BCUT2D eigenvalue weighted by Crippen LogP contribution is -2.33. The van der Waals surface area contributed by atoms with E-state index >= 15 is 0 Å². The molecule has 0 bridgehead atoms. The summed E-state index contributed by atoms with van der Waals surface area (Å²) in [4.78, 5) is 23.0. The third-order valence-corrected chi connectivity index (χ3v) is 4.03. The normalized spacial score (nSPS) is 13.9. The van der Waals surface area contributed by atoms with Crippen LogP contribution in [0.15, 0.2) is 30.6 Å². The number of hydrogen-bond donors (Lipinski definition) is 0. The highest BCUT2D eigenvalue weighted by atomic mass is 16.2. The van der Waals surface area contributed by atoms with Crippen molar-refractivity contribution < 1.29 is 4.79 Å². The number of aryl methyl sites for hydroxylation is 1. The lowest BCUT2D eigenvalue weighted by Gasteiger charge is -2.20. The van der Waals surface area contributed by atoms with E-state index in [2.05, 4.69) is 16.0 Å². The van der Waals surface area contributed by atoms with E-state index in [-0.39, 0.29) is 5.91 Å². The lowest BCUT2D eigenvalue weighted by atomic mass is 10.1. The fourth-order valence-corrected chi connectivity index (χ4v) is 2.80. The Morgan fingerprint density at radius 1 is 1.27 bits per heavy atom. The van der Waals surface area contributed by atoms with E-state index in [0.717, 1.165) is 29.8 Å². The summed E-state index contributed by atoms with van der Waals surface area (Å²) in [5, 5.41) is 8.96. The number of amides is 1. The molecule has 3 rings (SSSR count). The van der Waals surface area contributed by atoms with Crippen molar-refractivity contribution in [3.05, 3.63) is 58.7 Å². The molecule has 0 saturated carbocycles. The van der Waals surface area contributed by atoms with Crippen LogP contribution in [0.5, 0.6) is 0 Å². The van der Waals surface area contributed by atoms with Gasteiger partial charge in [-0.2, -0.15) is 5.26 Å². The highest BCUT2D eigenvalue weighted by Gasteiger charge is 2.21. The summed E-state index contributed by atoms with van der Waals surface area (Å²) in [6, 6.07) is 8.92. The Kier molecular flexibility index (Phi) is 3.84. The summed E-state index contributed by atoms with van der Waals surface area (Å²) in [5.41, 5.74) is 4.25. The first-order valence-electron chi connectivity index (χ1n) is 7.28. The van der Waals surface area contributed by atoms with Gasteiger partial charge in [0.25, 0.3) is 5.91 Å². The summed E-state index contributed by atoms with van der Waals surface area (Å²) in [6.45, 7) is 3.27. The molecular formula is C17H16N4O. The van der Waals surface area contributed by atoms with E-state index in [1.807, 2.05) is 11.8 Å². The predicted octanol–water partition coefficient (Wildman–Crippen LogP) is 1.90. The average molecular weight is 292 g/mol. The number of aromatic nitrogens is 2. The van der Waals surface area contributed by atoms with Gasteiger partial charge in [0.15, 0.2) is 0 Å². The predicted molar refractivity (Wildman–Crippen MR) is 81.2 cm³/mol. The molecule has 0 N–H and O–H groups in total. The molecule has 0 unspecified atom stereocenters. The first kappa shape index (κ1) is 14.2. The molecule has 0 fully saturated rings. The Morgan fingerprint density at radius 3 is 2.91 bits per heavy atom. The third-order valence-electron chi connectivity index (χ3n) is 4.03. The van der Waals surface area contributed by atoms with Gasteiger partial charge < -0.3 is 4.90 Å². The molecule has 1 aromatic carbocycles. The monoisotopic (exact) mass is 292 g/mol. The number of hydrogen-bond acceptors (Lipinski definition) is 4. The van der Waals surface area contributed by atoms with Crippen LogP contribution in [0.3, 0.4) is 0 Å². The first-order chi connectivity index (χ1) is 10.7. The maximum absolute atomic E-state index is 12.6. The molecule has 5 heteroatoms. The number of benzene rings is 1. The van der Waals surface area contributed by atoms with E-state index in [4.69, 9.17) is 5.26 Å². The Labute approximate surface area is 129 Å². The van der Waals surface area contributed by atoms with Crippen molar-refractivity contribution in [1.29, 1.82) is 5.26 Å². The van der Waals surface area contributed by atoms with Crippen LogP contribution in [0.25, 0.3) is 0 Å². The highest BCUT2D eigenvalue weighted by molar-refractivity contribution is 5.94. The van der Waals surface area contributed by atoms with Crippen LogP contribution < -0.4 is 0 Å². The number of carbonyl (C=O) groups is 1. The second-order valence-electron chi connectivity index (χ2n) is 5.37. The first-order valence-corrected chi connectivity index (χ1v) is 7.28. The van der Waals surface area contributed by atoms with E-state index < -0.39 is 0 Å². The Morgan fingerprint density at radius 2 is 2.09 bits per heavy atom. The van der Waals surface area contributed by atoms with Crippen LogP contribution in [0.1, 0.15) is 32.9 Å². The van der Waals surface area contributed by atoms with Crippen molar-refractivity contribution in [1.82, 2.24) is 14.9 Å². The van der Waals surface area contributed by atoms with Crippen LogP contribution in [0.2, 0.25) is 0 Å². The van der Waals surface area contributed by atoms with Crippen LogP contribution in [-0.2, 0) is 12.8 Å². The zero-order valence-electron chi connectivity index (χ0n) is 12.4. The van der Waals surface area contributed by atoms with Crippen molar-refractivity contribution >= 4 is 5.91 Å². The molecule has 22 heavy (non-hydrogen) atoms. The topological polar surface area (TPSA) is 69.9 Å². The maximum atomic E-state index is 12.6. The fourth-order valence-electron chi connectivity index (χ4n) is 2.80. The van der Waals surface area contributed by atoms with Gasteiger partial charge in [-0.3, -0.25) is 4.79 Å². The van der Waals surface area contributed by atoms with Gasteiger partial charge in [0, 0.05) is 36.5 Å². The van der Waals surface area contributed by atoms with Crippen molar-refractivity contribution in [2.45, 2.75) is 19.8 Å². The Hall–Kier alpha value is -2.74. The molecule has 110 valence electrons. The van der Waals surface area contributed by atoms with E-state index in [1.165, 1.54) is 0 Å². The van der Waals surface area contributed by atoms with Crippen LogP contribution >= 0.6 is 0 Å². The van der Waals surface area contributed by atoms with E-state index in [1.54, 1.807) is 30.6 Å². The number of nitriles is 1. The van der Waals surface area contributed by atoms with Gasteiger partial charge in [-0.25, -0.2) is 9.97 Å². The van der Waals surface area contributed by atoms with Gasteiger partial charge in [-0.15, -0.1) is 0 Å². The zero-order chi connectivity index (χ0) is 15.5. The molecule has 1 amide bonds. The molecule has 5 nitrogen and oxygen atoms in total. The summed E-state index contributed by atoms with van der Waals surface area (Å²) in [7, 11) is 0. The summed E-state index contributed by atoms with van der Waals surface area (Å²) < 4.78 is 0. The van der Waals surface area contributed by atoms with Crippen LogP contribution in [0.4, 0.5) is 0 Å². The minimum absolute atomic E-state index is 0.0319. The molecule has 0 saturated heterocycles. The minimum Gasteiger partial charge on any atom is -0.338 e. The number of nitrogens with zero attached hydrogens (tertiary/aromatic N) is 4. The number of fused-ring (bicyclic) bond motifs is 1. The number of carbonyl (C=O) groups excluding carboxylic acids is 1. The van der Waals surface area contributed by atoms with Crippen LogP contribution in [-0.4, -0.2) is 33.9 Å². The van der Waals surface area contributed by atoms with Crippen molar-refractivity contribution in [2.24, 2.45) is 0 Å². The van der Waals surface area contributed by atoms with Gasteiger partial charge >= 0.3 is 0 Å². The second-order valence-corrected chi connectivity index (χ2v) is 5.37. The quantitative estimate of drug-likeness (QED) is 0.805. The van der Waals surface area contributed by atoms with Crippen LogP contribution in [0, 0.1) is 18.3 Å². The average Bonchev–Trinajstić information content (AvgIpc) is 2.78. The SMILES string of the molecule is Cc1ncnc2c1CCN(C(=O)c1cccc(C#N)c1)CC2. The van der Waals surface area contributed by atoms with E-state index in [9.17, 15) is 4.79 Å². The molecule has 1 aromatic heterocycles. The standard InChI is InChI=1S/C17H16N4O/c1-12-15-5-7-21(8-6-16(15)20-11-19-12)17(22)14-4-2-3-13(9-14)10-18/h2-4,9,11H,5-8H2,1H3.